The number of halogens is 6. The van der Waals surface area contributed by atoms with Crippen molar-refractivity contribution in [3.63, 3.8) is 0 Å². The van der Waals surface area contributed by atoms with Crippen molar-refractivity contribution >= 4 is 26.8 Å². The molecular weight excluding hydrogens is 351 g/mol. The van der Waals surface area contributed by atoms with E-state index >= 15 is 0 Å². The lowest BCUT2D eigenvalue weighted by molar-refractivity contribution is -0.286. The fourth-order valence-electron chi connectivity index (χ4n) is 1.62. The van der Waals surface area contributed by atoms with Gasteiger partial charge in [0.15, 0.2) is 0 Å². The third kappa shape index (κ3) is 2.67. The summed E-state index contributed by atoms with van der Waals surface area (Å²) in [7, 11) is 0. The molecule has 0 aliphatic heterocycles. The van der Waals surface area contributed by atoms with Crippen molar-refractivity contribution < 1.29 is 22.0 Å². The molecule has 2 aromatic heterocycles. The highest BCUT2D eigenvalue weighted by molar-refractivity contribution is 9.10. The van der Waals surface area contributed by atoms with E-state index in [1.54, 1.807) is 0 Å². The Morgan fingerprint density at radius 1 is 1.20 bits per heavy atom. The van der Waals surface area contributed by atoms with E-state index in [2.05, 4.69) is 20.9 Å². The van der Waals surface area contributed by atoms with Crippen LogP contribution in [0.4, 0.5) is 22.0 Å². The number of alkyl halides is 5. The molecule has 108 valence electrons. The standard InChI is InChI=1S/C11H6BrF5N2O/c12-8-3-6-1-2-9(20)19(7(6)4-18-8)5-10(13,14)11(15,16)17/h1-4H,5H2. The molecule has 0 aliphatic rings. The molecule has 9 heteroatoms. The molecule has 0 amide bonds. The fourth-order valence-corrected chi connectivity index (χ4v) is 1.97. The minimum atomic E-state index is -5.72. The van der Waals surface area contributed by atoms with Crippen LogP contribution in [0.3, 0.4) is 0 Å². The van der Waals surface area contributed by atoms with Crippen LogP contribution < -0.4 is 5.56 Å². The largest absolute Gasteiger partial charge is 0.455 e. The number of aromatic nitrogens is 2. The predicted molar refractivity (Wildman–Crippen MR) is 64.7 cm³/mol. The number of pyridine rings is 2. The van der Waals surface area contributed by atoms with Crippen molar-refractivity contribution in [3.05, 3.63) is 39.4 Å². The first-order chi connectivity index (χ1) is 9.12. The normalized spacial score (nSPS) is 12.9. The summed E-state index contributed by atoms with van der Waals surface area (Å²) in [6, 6.07) is 3.67. The third-order valence-electron chi connectivity index (χ3n) is 2.61. The Labute approximate surface area is 117 Å². The van der Waals surface area contributed by atoms with Gasteiger partial charge in [0.2, 0.25) is 0 Å². The average Bonchev–Trinajstić information content (AvgIpc) is 2.31. The zero-order chi connectivity index (χ0) is 15.1. The number of hydrogen-bond acceptors (Lipinski definition) is 2. The van der Waals surface area contributed by atoms with Gasteiger partial charge in [0.05, 0.1) is 18.3 Å². The smallest absolute Gasteiger partial charge is 0.300 e. The minimum absolute atomic E-state index is 0.0929. The molecule has 0 spiro atoms. The van der Waals surface area contributed by atoms with Gasteiger partial charge in [-0.2, -0.15) is 22.0 Å². The Kier molecular flexibility index (Phi) is 3.57. The summed E-state index contributed by atoms with van der Waals surface area (Å²) in [5.74, 6) is -5.00. The molecule has 2 rings (SSSR count). The first-order valence-electron chi connectivity index (χ1n) is 5.21. The summed E-state index contributed by atoms with van der Waals surface area (Å²) >= 11 is 3.04. The Morgan fingerprint density at radius 3 is 2.45 bits per heavy atom. The van der Waals surface area contributed by atoms with Gasteiger partial charge < -0.3 is 4.57 Å². The van der Waals surface area contributed by atoms with E-state index in [0.717, 1.165) is 12.3 Å². The lowest BCUT2D eigenvalue weighted by Gasteiger charge is -2.21. The van der Waals surface area contributed by atoms with E-state index in [1.165, 1.54) is 12.1 Å². The van der Waals surface area contributed by atoms with E-state index < -0.39 is 24.2 Å². The van der Waals surface area contributed by atoms with E-state index in [9.17, 15) is 26.7 Å². The molecule has 2 aromatic rings. The predicted octanol–water partition coefficient (Wildman–Crippen LogP) is 3.36. The molecule has 0 radical (unpaired) electrons. The third-order valence-corrected chi connectivity index (χ3v) is 3.05. The van der Waals surface area contributed by atoms with Crippen LogP contribution in [-0.4, -0.2) is 21.6 Å². The summed E-state index contributed by atoms with van der Waals surface area (Å²) < 4.78 is 63.6. The summed E-state index contributed by atoms with van der Waals surface area (Å²) in [6.45, 7) is -1.78. The molecule has 0 aliphatic carbocycles. The molecule has 0 saturated carbocycles. The molecular formula is C11H6BrF5N2O. The lowest BCUT2D eigenvalue weighted by atomic mass is 10.2. The van der Waals surface area contributed by atoms with Gasteiger partial charge in [0.25, 0.3) is 5.56 Å². The Balaban J connectivity index is 2.60. The van der Waals surface area contributed by atoms with Gasteiger partial charge in [-0.05, 0) is 28.1 Å². The average molecular weight is 357 g/mol. The van der Waals surface area contributed by atoms with Gasteiger partial charge in [-0.3, -0.25) is 4.79 Å². The molecule has 0 bridgehead atoms. The maximum absolute atomic E-state index is 13.1. The highest BCUT2D eigenvalue weighted by Crippen LogP contribution is 2.36. The quantitative estimate of drug-likeness (QED) is 0.610. The van der Waals surface area contributed by atoms with Gasteiger partial charge >= 0.3 is 12.1 Å². The first-order valence-corrected chi connectivity index (χ1v) is 6.01. The monoisotopic (exact) mass is 356 g/mol. The van der Waals surface area contributed by atoms with Crippen molar-refractivity contribution in [2.75, 3.05) is 0 Å². The van der Waals surface area contributed by atoms with Crippen molar-refractivity contribution in [2.24, 2.45) is 0 Å². The topological polar surface area (TPSA) is 34.9 Å². The SMILES string of the molecule is O=c1ccc2cc(Br)ncc2n1CC(F)(F)C(F)(F)F. The van der Waals surface area contributed by atoms with Crippen LogP contribution >= 0.6 is 15.9 Å². The highest BCUT2D eigenvalue weighted by Gasteiger charge is 2.57. The first kappa shape index (κ1) is 14.9. The van der Waals surface area contributed by atoms with Crippen molar-refractivity contribution in [1.29, 1.82) is 0 Å². The lowest BCUT2D eigenvalue weighted by Crippen LogP contribution is -2.42. The zero-order valence-electron chi connectivity index (χ0n) is 9.59. The number of hydrogen-bond donors (Lipinski definition) is 0. The van der Waals surface area contributed by atoms with Gasteiger partial charge in [-0.1, -0.05) is 0 Å². The maximum Gasteiger partial charge on any atom is 0.455 e. The molecule has 0 fully saturated rings. The molecule has 2 heterocycles. The van der Waals surface area contributed by atoms with Crippen LogP contribution in [0.1, 0.15) is 0 Å². The van der Waals surface area contributed by atoms with Crippen LogP contribution in [0, 0.1) is 0 Å². The Hall–Kier alpha value is -1.51. The maximum atomic E-state index is 13.1. The zero-order valence-corrected chi connectivity index (χ0v) is 11.2. The van der Waals surface area contributed by atoms with Crippen LogP contribution in [0.5, 0.6) is 0 Å². The number of fused-ring (bicyclic) bond motifs is 1. The van der Waals surface area contributed by atoms with Crippen LogP contribution in [-0.2, 0) is 6.54 Å². The van der Waals surface area contributed by atoms with E-state index in [1.807, 2.05) is 0 Å². The molecule has 0 atom stereocenters. The second kappa shape index (κ2) is 4.80. The summed E-state index contributed by atoms with van der Waals surface area (Å²) in [6.07, 6.45) is -4.66. The fraction of sp³-hybridized carbons (Fsp3) is 0.273. The summed E-state index contributed by atoms with van der Waals surface area (Å²) in [4.78, 5) is 15.3. The van der Waals surface area contributed by atoms with Gasteiger partial charge in [-0.25, -0.2) is 4.98 Å². The van der Waals surface area contributed by atoms with Crippen LogP contribution in [0.15, 0.2) is 33.8 Å². The Morgan fingerprint density at radius 2 is 1.85 bits per heavy atom. The molecule has 0 saturated heterocycles. The molecule has 3 nitrogen and oxygen atoms in total. The Bertz CT molecular complexity index is 710. The van der Waals surface area contributed by atoms with Gasteiger partial charge in [0, 0.05) is 11.5 Å². The minimum Gasteiger partial charge on any atom is -0.300 e. The van der Waals surface area contributed by atoms with Crippen LogP contribution in [0.2, 0.25) is 0 Å². The van der Waals surface area contributed by atoms with E-state index in [4.69, 9.17) is 0 Å². The van der Waals surface area contributed by atoms with E-state index in [0.29, 0.717) is 14.6 Å². The van der Waals surface area contributed by atoms with Gasteiger partial charge in [0.1, 0.15) is 4.60 Å². The van der Waals surface area contributed by atoms with Crippen LogP contribution in [0.25, 0.3) is 10.9 Å². The van der Waals surface area contributed by atoms with Crippen molar-refractivity contribution in [2.45, 2.75) is 18.6 Å². The summed E-state index contributed by atoms with van der Waals surface area (Å²) in [5, 5.41) is 0.324. The second-order valence-electron chi connectivity index (χ2n) is 4.03. The second-order valence-corrected chi connectivity index (χ2v) is 4.84. The number of nitrogens with zero attached hydrogens (tertiary/aromatic N) is 2. The van der Waals surface area contributed by atoms with Crippen molar-refractivity contribution in [3.8, 4) is 0 Å². The molecule has 0 aromatic carbocycles. The van der Waals surface area contributed by atoms with Gasteiger partial charge in [-0.15, -0.1) is 0 Å². The van der Waals surface area contributed by atoms with E-state index in [-0.39, 0.29) is 5.52 Å². The van der Waals surface area contributed by atoms with Crippen molar-refractivity contribution in [1.82, 2.24) is 9.55 Å². The molecule has 0 N–H and O–H groups in total. The molecule has 0 unspecified atom stereocenters. The summed E-state index contributed by atoms with van der Waals surface area (Å²) in [5.41, 5.74) is -1.05. The number of rotatable bonds is 2. The molecule has 20 heavy (non-hydrogen) atoms. The highest BCUT2D eigenvalue weighted by atomic mass is 79.9.